The highest BCUT2D eigenvalue weighted by Gasteiger charge is 2.14. The van der Waals surface area contributed by atoms with Gasteiger partial charge < -0.3 is 10.6 Å². The molecule has 1 aromatic carbocycles. The molecule has 0 aliphatic carbocycles. The minimum Gasteiger partial charge on any atom is -0.348 e. The second-order valence-electron chi connectivity index (χ2n) is 4.88. The number of carbonyl (C=O) groups is 2. The van der Waals surface area contributed by atoms with Gasteiger partial charge in [-0.25, -0.2) is 0 Å². The molecule has 2 N–H and O–H groups in total. The van der Waals surface area contributed by atoms with Gasteiger partial charge in [0.25, 0.3) is 0 Å². The molecule has 0 atom stereocenters. The summed E-state index contributed by atoms with van der Waals surface area (Å²) in [4.78, 5) is 23.2. The van der Waals surface area contributed by atoms with Gasteiger partial charge in [0.05, 0.1) is 0 Å². The number of hydrogen-bond acceptors (Lipinski definition) is 2. The minimum absolute atomic E-state index is 0.322. The van der Waals surface area contributed by atoms with Crippen LogP contribution in [0.2, 0.25) is 0 Å². The van der Waals surface area contributed by atoms with Crippen LogP contribution in [0.4, 0.5) is 5.69 Å². The van der Waals surface area contributed by atoms with E-state index in [9.17, 15) is 9.59 Å². The standard InChI is InChI=1S/C14H20N2O2/c1-9(2)8-15-13(17)14(18)16-12-7-10(3)5-6-11(12)4/h5-7,9H,8H2,1-4H3,(H,15,17)(H,16,18). The molecule has 4 nitrogen and oxygen atoms in total. The van der Waals surface area contributed by atoms with E-state index in [-0.39, 0.29) is 0 Å². The van der Waals surface area contributed by atoms with Crippen molar-refractivity contribution in [1.82, 2.24) is 5.32 Å². The third-order valence-electron chi connectivity index (χ3n) is 2.52. The molecule has 0 aromatic heterocycles. The molecule has 0 aliphatic rings. The van der Waals surface area contributed by atoms with Crippen molar-refractivity contribution in [3.05, 3.63) is 29.3 Å². The summed E-state index contributed by atoms with van der Waals surface area (Å²) in [5.41, 5.74) is 2.66. The van der Waals surface area contributed by atoms with Gasteiger partial charge in [-0.1, -0.05) is 26.0 Å². The van der Waals surface area contributed by atoms with Crippen LogP contribution < -0.4 is 10.6 Å². The average molecular weight is 248 g/mol. The molecule has 1 rings (SSSR count). The SMILES string of the molecule is Cc1ccc(C)c(NC(=O)C(=O)NCC(C)C)c1. The molecule has 2 amide bonds. The fourth-order valence-corrected chi connectivity index (χ4v) is 1.43. The Morgan fingerprint density at radius 3 is 2.44 bits per heavy atom. The first-order valence-corrected chi connectivity index (χ1v) is 6.06. The molecule has 0 aliphatic heterocycles. The molecule has 0 radical (unpaired) electrons. The van der Waals surface area contributed by atoms with Crippen LogP contribution in [-0.2, 0) is 9.59 Å². The van der Waals surface area contributed by atoms with Gasteiger partial charge in [0.2, 0.25) is 0 Å². The number of aryl methyl sites for hydroxylation is 2. The zero-order valence-corrected chi connectivity index (χ0v) is 11.3. The van der Waals surface area contributed by atoms with Gasteiger partial charge in [0, 0.05) is 12.2 Å². The van der Waals surface area contributed by atoms with Gasteiger partial charge in [-0.2, -0.15) is 0 Å². The quantitative estimate of drug-likeness (QED) is 0.804. The molecule has 0 bridgehead atoms. The number of anilines is 1. The highest BCUT2D eigenvalue weighted by molar-refractivity contribution is 6.39. The van der Waals surface area contributed by atoms with Crippen molar-refractivity contribution in [3.63, 3.8) is 0 Å². The average Bonchev–Trinajstić information content (AvgIpc) is 2.30. The predicted molar refractivity (Wildman–Crippen MR) is 72.4 cm³/mol. The van der Waals surface area contributed by atoms with Crippen LogP contribution in [0.1, 0.15) is 25.0 Å². The number of hydrogen-bond donors (Lipinski definition) is 2. The Bertz CT molecular complexity index is 453. The molecule has 0 heterocycles. The summed E-state index contributed by atoms with van der Waals surface area (Å²) in [5, 5.41) is 5.21. The van der Waals surface area contributed by atoms with Gasteiger partial charge in [-0.15, -0.1) is 0 Å². The van der Waals surface area contributed by atoms with E-state index in [1.807, 2.05) is 45.9 Å². The Morgan fingerprint density at radius 2 is 1.83 bits per heavy atom. The van der Waals surface area contributed by atoms with Gasteiger partial charge >= 0.3 is 11.8 Å². The molecular formula is C14H20N2O2. The van der Waals surface area contributed by atoms with Crippen LogP contribution in [0, 0.1) is 19.8 Å². The summed E-state index contributed by atoms with van der Waals surface area (Å²) >= 11 is 0. The Kier molecular flexibility index (Phi) is 4.89. The second kappa shape index (κ2) is 6.19. The van der Waals surface area contributed by atoms with Crippen LogP contribution in [0.15, 0.2) is 18.2 Å². The number of amides is 2. The smallest absolute Gasteiger partial charge is 0.313 e. The first-order valence-electron chi connectivity index (χ1n) is 6.06. The lowest BCUT2D eigenvalue weighted by molar-refractivity contribution is -0.136. The summed E-state index contributed by atoms with van der Waals surface area (Å²) in [5.74, 6) is -0.892. The summed E-state index contributed by atoms with van der Waals surface area (Å²) in [6.45, 7) is 8.28. The first kappa shape index (κ1) is 14.2. The van der Waals surface area contributed by atoms with Crippen molar-refractivity contribution < 1.29 is 9.59 Å². The fraction of sp³-hybridized carbons (Fsp3) is 0.429. The number of nitrogens with one attached hydrogen (secondary N) is 2. The van der Waals surface area contributed by atoms with Crippen molar-refractivity contribution in [2.24, 2.45) is 5.92 Å². The zero-order valence-electron chi connectivity index (χ0n) is 11.3. The maximum Gasteiger partial charge on any atom is 0.313 e. The first-order chi connectivity index (χ1) is 8.40. The largest absolute Gasteiger partial charge is 0.348 e. The molecule has 98 valence electrons. The van der Waals surface area contributed by atoms with Gasteiger partial charge in [-0.05, 0) is 37.0 Å². The van der Waals surface area contributed by atoms with Gasteiger partial charge in [-0.3, -0.25) is 9.59 Å². The zero-order chi connectivity index (χ0) is 13.7. The maximum absolute atomic E-state index is 11.7. The van der Waals surface area contributed by atoms with E-state index in [0.29, 0.717) is 18.2 Å². The summed E-state index contributed by atoms with van der Waals surface area (Å²) in [6.07, 6.45) is 0. The van der Waals surface area contributed by atoms with E-state index in [0.717, 1.165) is 11.1 Å². The second-order valence-corrected chi connectivity index (χ2v) is 4.88. The monoisotopic (exact) mass is 248 g/mol. The van der Waals surface area contributed by atoms with Crippen LogP contribution in [0.5, 0.6) is 0 Å². The Morgan fingerprint density at radius 1 is 1.17 bits per heavy atom. The van der Waals surface area contributed by atoms with Gasteiger partial charge in [0.15, 0.2) is 0 Å². The predicted octanol–water partition coefficient (Wildman–Crippen LogP) is 2.01. The van der Waals surface area contributed by atoms with Crippen molar-refractivity contribution >= 4 is 17.5 Å². The molecule has 4 heteroatoms. The van der Waals surface area contributed by atoms with Crippen LogP contribution in [-0.4, -0.2) is 18.4 Å². The summed E-state index contributed by atoms with van der Waals surface area (Å²) in [6, 6.07) is 5.73. The highest BCUT2D eigenvalue weighted by atomic mass is 16.2. The van der Waals surface area contributed by atoms with E-state index < -0.39 is 11.8 Å². The summed E-state index contributed by atoms with van der Waals surface area (Å²) in [7, 11) is 0. The van der Waals surface area contributed by atoms with Gasteiger partial charge in [0.1, 0.15) is 0 Å². The van der Waals surface area contributed by atoms with Crippen LogP contribution >= 0.6 is 0 Å². The van der Waals surface area contributed by atoms with E-state index in [2.05, 4.69) is 10.6 Å². The topological polar surface area (TPSA) is 58.2 Å². The lowest BCUT2D eigenvalue weighted by Crippen LogP contribution is -2.37. The number of benzene rings is 1. The normalized spacial score (nSPS) is 10.3. The molecular weight excluding hydrogens is 228 g/mol. The highest BCUT2D eigenvalue weighted by Crippen LogP contribution is 2.15. The summed E-state index contributed by atoms with van der Waals surface area (Å²) < 4.78 is 0. The number of rotatable bonds is 3. The number of carbonyl (C=O) groups excluding carboxylic acids is 2. The molecule has 0 spiro atoms. The van der Waals surface area contributed by atoms with Crippen molar-refractivity contribution in [2.45, 2.75) is 27.7 Å². The maximum atomic E-state index is 11.7. The van der Waals surface area contributed by atoms with E-state index in [4.69, 9.17) is 0 Å². The van der Waals surface area contributed by atoms with E-state index in [1.54, 1.807) is 0 Å². The lowest BCUT2D eigenvalue weighted by atomic mass is 10.1. The third kappa shape index (κ3) is 4.20. The van der Waals surface area contributed by atoms with Crippen LogP contribution in [0.25, 0.3) is 0 Å². The molecule has 0 saturated carbocycles. The van der Waals surface area contributed by atoms with Crippen molar-refractivity contribution in [1.29, 1.82) is 0 Å². The Hall–Kier alpha value is -1.84. The van der Waals surface area contributed by atoms with Crippen molar-refractivity contribution in [3.8, 4) is 0 Å². The van der Waals surface area contributed by atoms with E-state index >= 15 is 0 Å². The molecule has 0 saturated heterocycles. The molecule has 0 fully saturated rings. The van der Waals surface area contributed by atoms with Crippen molar-refractivity contribution in [2.75, 3.05) is 11.9 Å². The van der Waals surface area contributed by atoms with E-state index in [1.165, 1.54) is 0 Å². The molecule has 18 heavy (non-hydrogen) atoms. The lowest BCUT2D eigenvalue weighted by Gasteiger charge is -2.10. The minimum atomic E-state index is -0.621. The third-order valence-corrected chi connectivity index (χ3v) is 2.52. The Balaban J connectivity index is 2.64. The Labute approximate surface area is 108 Å². The molecule has 0 unspecified atom stereocenters. The molecule has 1 aromatic rings. The fourth-order valence-electron chi connectivity index (χ4n) is 1.43. The van der Waals surface area contributed by atoms with Crippen LogP contribution in [0.3, 0.4) is 0 Å².